The third-order valence-electron chi connectivity index (χ3n) is 4.54. The zero-order valence-corrected chi connectivity index (χ0v) is 17.6. The van der Waals surface area contributed by atoms with Crippen LogP contribution in [0, 0.1) is 0 Å². The van der Waals surface area contributed by atoms with Gasteiger partial charge in [0.25, 0.3) is 5.89 Å². The second-order valence-electron chi connectivity index (χ2n) is 6.83. The topological polar surface area (TPSA) is 116 Å². The van der Waals surface area contributed by atoms with Gasteiger partial charge >= 0.3 is 12.0 Å². The van der Waals surface area contributed by atoms with Gasteiger partial charge in [0.15, 0.2) is 6.61 Å². The normalized spacial score (nSPS) is 10.3. The van der Waals surface area contributed by atoms with Crippen LogP contribution in [0.15, 0.2) is 83.3 Å². The van der Waals surface area contributed by atoms with E-state index in [-0.39, 0.29) is 18.5 Å². The van der Waals surface area contributed by atoms with Crippen LogP contribution in [0.4, 0.5) is 16.2 Å². The highest BCUT2D eigenvalue weighted by Gasteiger charge is 2.13. The molecule has 0 unspecified atom stereocenters. The number of para-hydroxylation sites is 1. The van der Waals surface area contributed by atoms with Crippen LogP contribution in [0.25, 0.3) is 11.5 Å². The minimum Gasteiger partial charge on any atom is -0.497 e. The van der Waals surface area contributed by atoms with Crippen molar-refractivity contribution in [2.24, 2.45) is 0 Å². The first-order valence-corrected chi connectivity index (χ1v) is 9.98. The van der Waals surface area contributed by atoms with Crippen molar-refractivity contribution in [1.29, 1.82) is 0 Å². The van der Waals surface area contributed by atoms with E-state index in [4.69, 9.17) is 13.9 Å². The van der Waals surface area contributed by atoms with E-state index in [0.29, 0.717) is 28.6 Å². The number of benzene rings is 3. The van der Waals surface area contributed by atoms with Crippen molar-refractivity contribution < 1.29 is 23.5 Å². The first kappa shape index (κ1) is 21.6. The number of nitrogens with zero attached hydrogens (tertiary/aromatic N) is 2. The molecule has 1 heterocycles. The maximum Gasteiger partial charge on any atom is 0.338 e. The average molecular weight is 444 g/mol. The summed E-state index contributed by atoms with van der Waals surface area (Å²) in [5.74, 6) is 0.642. The second-order valence-corrected chi connectivity index (χ2v) is 6.83. The number of amides is 2. The number of ether oxygens (including phenoxy) is 2. The van der Waals surface area contributed by atoms with Crippen molar-refractivity contribution in [3.05, 3.63) is 90.3 Å². The van der Waals surface area contributed by atoms with Gasteiger partial charge in [0.05, 0.1) is 12.7 Å². The average Bonchev–Trinajstić information content (AvgIpc) is 3.33. The van der Waals surface area contributed by atoms with Crippen molar-refractivity contribution in [1.82, 2.24) is 10.2 Å². The zero-order valence-electron chi connectivity index (χ0n) is 17.6. The highest BCUT2D eigenvalue weighted by atomic mass is 16.5. The van der Waals surface area contributed by atoms with Crippen LogP contribution < -0.4 is 15.4 Å². The molecule has 0 saturated carbocycles. The molecule has 0 saturated heterocycles. The van der Waals surface area contributed by atoms with Gasteiger partial charge in [0.2, 0.25) is 5.89 Å². The van der Waals surface area contributed by atoms with Gasteiger partial charge in [0.1, 0.15) is 5.75 Å². The lowest BCUT2D eigenvalue weighted by Gasteiger charge is -2.08. The minimum atomic E-state index is -0.556. The van der Waals surface area contributed by atoms with Crippen LogP contribution in [0.3, 0.4) is 0 Å². The van der Waals surface area contributed by atoms with Crippen LogP contribution in [-0.2, 0) is 11.3 Å². The molecule has 0 aliphatic heterocycles. The fourth-order valence-electron chi connectivity index (χ4n) is 2.88. The molecule has 0 fully saturated rings. The van der Waals surface area contributed by atoms with Gasteiger partial charge in [-0.3, -0.25) is 0 Å². The summed E-state index contributed by atoms with van der Waals surface area (Å²) < 4.78 is 15.9. The largest absolute Gasteiger partial charge is 0.497 e. The molecule has 4 rings (SSSR count). The lowest BCUT2D eigenvalue weighted by Crippen LogP contribution is -2.19. The number of hydrogen-bond acceptors (Lipinski definition) is 7. The third kappa shape index (κ3) is 5.73. The Balaban J connectivity index is 1.29. The molecule has 2 amide bonds. The molecule has 0 spiro atoms. The molecule has 9 nitrogen and oxygen atoms in total. The van der Waals surface area contributed by atoms with Crippen LogP contribution in [0.2, 0.25) is 0 Å². The van der Waals surface area contributed by atoms with Crippen molar-refractivity contribution in [3.63, 3.8) is 0 Å². The number of rotatable bonds is 7. The zero-order chi connectivity index (χ0) is 23.0. The molecule has 0 bridgehead atoms. The molecule has 4 aromatic rings. The van der Waals surface area contributed by atoms with E-state index < -0.39 is 5.97 Å². The minimum absolute atomic E-state index is 0.165. The lowest BCUT2D eigenvalue weighted by atomic mass is 10.2. The Labute approximate surface area is 189 Å². The maximum absolute atomic E-state index is 12.3. The van der Waals surface area contributed by atoms with Crippen molar-refractivity contribution >= 4 is 23.4 Å². The number of aromatic nitrogens is 2. The first-order valence-electron chi connectivity index (χ1n) is 9.98. The highest BCUT2D eigenvalue weighted by Crippen LogP contribution is 2.21. The number of carbonyl (C=O) groups is 2. The molecule has 33 heavy (non-hydrogen) atoms. The predicted molar refractivity (Wildman–Crippen MR) is 121 cm³/mol. The van der Waals surface area contributed by atoms with E-state index in [2.05, 4.69) is 20.8 Å². The third-order valence-corrected chi connectivity index (χ3v) is 4.54. The Morgan fingerprint density at radius 2 is 1.52 bits per heavy atom. The van der Waals surface area contributed by atoms with Crippen LogP contribution in [0.5, 0.6) is 5.75 Å². The number of urea groups is 1. The molecule has 0 atom stereocenters. The SMILES string of the molecule is COc1ccc(-c2nnc(COC(=O)c3ccc(NC(=O)Nc4ccccc4)cc3)o2)cc1. The summed E-state index contributed by atoms with van der Waals surface area (Å²) in [5, 5.41) is 13.3. The monoisotopic (exact) mass is 444 g/mol. The molecule has 9 heteroatoms. The summed E-state index contributed by atoms with van der Waals surface area (Å²) in [6.07, 6.45) is 0. The number of esters is 1. The van der Waals surface area contributed by atoms with E-state index in [1.165, 1.54) is 0 Å². The summed E-state index contributed by atoms with van der Waals surface area (Å²) in [6, 6.07) is 22.1. The van der Waals surface area contributed by atoms with Gasteiger partial charge in [-0.15, -0.1) is 10.2 Å². The van der Waals surface area contributed by atoms with Crippen LogP contribution >= 0.6 is 0 Å². The molecule has 1 aromatic heterocycles. The van der Waals surface area contributed by atoms with Gasteiger partial charge in [0, 0.05) is 16.9 Å². The second kappa shape index (κ2) is 10.1. The van der Waals surface area contributed by atoms with E-state index in [0.717, 1.165) is 5.56 Å². The predicted octanol–water partition coefficient (Wildman–Crippen LogP) is 4.75. The first-order chi connectivity index (χ1) is 16.1. The quantitative estimate of drug-likeness (QED) is 0.395. The Hall–Kier alpha value is -4.66. The Morgan fingerprint density at radius 1 is 0.848 bits per heavy atom. The van der Waals surface area contributed by atoms with E-state index in [9.17, 15) is 9.59 Å². The summed E-state index contributed by atoms with van der Waals surface area (Å²) in [7, 11) is 1.58. The van der Waals surface area contributed by atoms with Crippen molar-refractivity contribution in [2.45, 2.75) is 6.61 Å². The Bertz CT molecular complexity index is 1220. The van der Waals surface area contributed by atoms with Gasteiger partial charge in [-0.1, -0.05) is 18.2 Å². The van der Waals surface area contributed by atoms with Crippen LogP contribution in [0.1, 0.15) is 16.2 Å². The molecule has 0 aliphatic rings. The van der Waals surface area contributed by atoms with Crippen molar-refractivity contribution in [3.8, 4) is 17.2 Å². The van der Waals surface area contributed by atoms with E-state index in [1.54, 1.807) is 67.8 Å². The van der Waals surface area contributed by atoms with Crippen molar-refractivity contribution in [2.75, 3.05) is 17.7 Å². The summed E-state index contributed by atoms with van der Waals surface area (Å²) in [5.41, 5.74) is 2.24. The van der Waals surface area contributed by atoms with Gasteiger partial charge in [-0.2, -0.15) is 0 Å². The molecule has 0 aliphatic carbocycles. The Kier molecular flexibility index (Phi) is 6.60. The number of hydrogen-bond donors (Lipinski definition) is 2. The summed E-state index contributed by atoms with van der Waals surface area (Å²) in [4.78, 5) is 24.4. The molecule has 2 N–H and O–H groups in total. The smallest absolute Gasteiger partial charge is 0.338 e. The molecular formula is C24H20N4O5. The number of nitrogens with one attached hydrogen (secondary N) is 2. The fourth-order valence-corrected chi connectivity index (χ4v) is 2.88. The van der Waals surface area contributed by atoms with Gasteiger partial charge in [-0.25, -0.2) is 9.59 Å². The number of methoxy groups -OCH3 is 1. The van der Waals surface area contributed by atoms with Crippen LogP contribution in [-0.4, -0.2) is 29.3 Å². The standard InChI is InChI=1S/C24H20N4O5/c1-31-20-13-9-16(10-14-20)22-28-27-21(33-22)15-32-23(29)17-7-11-19(12-8-17)26-24(30)25-18-5-3-2-4-6-18/h2-14H,15H2,1H3,(H2,25,26,30). The number of anilines is 2. The summed E-state index contributed by atoms with van der Waals surface area (Å²) >= 11 is 0. The molecular weight excluding hydrogens is 424 g/mol. The molecule has 3 aromatic carbocycles. The maximum atomic E-state index is 12.3. The molecule has 0 radical (unpaired) electrons. The fraction of sp³-hybridized carbons (Fsp3) is 0.0833. The van der Waals surface area contributed by atoms with E-state index >= 15 is 0 Å². The molecule has 166 valence electrons. The Morgan fingerprint density at radius 3 is 2.18 bits per heavy atom. The van der Waals surface area contributed by atoms with Gasteiger partial charge in [-0.05, 0) is 60.7 Å². The summed E-state index contributed by atoms with van der Waals surface area (Å²) in [6.45, 7) is -0.165. The number of carbonyl (C=O) groups excluding carboxylic acids is 2. The highest BCUT2D eigenvalue weighted by molar-refractivity contribution is 6.00. The van der Waals surface area contributed by atoms with Gasteiger partial charge < -0.3 is 24.5 Å². The lowest BCUT2D eigenvalue weighted by molar-refractivity contribution is 0.0438. The van der Waals surface area contributed by atoms with E-state index in [1.807, 2.05) is 18.2 Å².